The smallest absolute Gasteiger partial charge is 0.309 e. The standard InChI is InChI=1S/C28H34N4O6S/c1-16-22(23(39-32-16)25(34)30-15-27(2)8-5-9-27)31-24(33)19-13-20(17(14-29)12-21(19)37-4)38-18-6-10-28(3,11-7-18)26(35)36/h12-13,18H,5-11,15H2,1-4H3,(H,30,34)(H,31,33)(H,35,36)/t18-,28+. The first-order chi connectivity index (χ1) is 18.5. The Labute approximate surface area is 231 Å². The number of amides is 2. The number of carbonyl (C=O) groups is 3. The number of nitrogens with zero attached hydrogens (tertiary/aromatic N) is 2. The van der Waals surface area contributed by atoms with E-state index in [9.17, 15) is 24.8 Å². The number of hydrogen-bond acceptors (Lipinski definition) is 8. The quantitative estimate of drug-likeness (QED) is 0.395. The van der Waals surface area contributed by atoms with Crippen LogP contribution in [0.15, 0.2) is 12.1 Å². The molecule has 0 radical (unpaired) electrons. The highest BCUT2D eigenvalue weighted by atomic mass is 32.1. The number of carboxylic acid groups (broad SMARTS) is 1. The monoisotopic (exact) mass is 554 g/mol. The summed E-state index contributed by atoms with van der Waals surface area (Å²) < 4.78 is 15.8. The molecule has 3 N–H and O–H groups in total. The van der Waals surface area contributed by atoms with Crippen LogP contribution >= 0.6 is 11.5 Å². The molecule has 0 unspecified atom stereocenters. The molecule has 39 heavy (non-hydrogen) atoms. The number of methoxy groups -OCH3 is 1. The SMILES string of the molecule is COc1cc(C#N)c(O[C@H]2CC[C@@](C)(C(=O)O)CC2)cc1C(=O)Nc1c(C)nsc1C(=O)NCC1(C)CCC1. The van der Waals surface area contributed by atoms with E-state index in [1.54, 1.807) is 13.8 Å². The van der Waals surface area contributed by atoms with Gasteiger partial charge >= 0.3 is 5.97 Å². The number of hydrogen-bond donors (Lipinski definition) is 3. The summed E-state index contributed by atoms with van der Waals surface area (Å²) in [6, 6.07) is 4.99. The zero-order chi connectivity index (χ0) is 28.4. The van der Waals surface area contributed by atoms with Gasteiger partial charge in [0.25, 0.3) is 11.8 Å². The van der Waals surface area contributed by atoms with E-state index in [1.165, 1.54) is 19.2 Å². The van der Waals surface area contributed by atoms with Crippen molar-refractivity contribution in [3.8, 4) is 17.6 Å². The average molecular weight is 555 g/mol. The zero-order valence-corrected chi connectivity index (χ0v) is 23.5. The molecule has 0 spiro atoms. The minimum atomic E-state index is -0.828. The number of anilines is 1. The predicted octanol–water partition coefficient (Wildman–Crippen LogP) is 4.92. The lowest BCUT2D eigenvalue weighted by Gasteiger charge is -2.38. The van der Waals surface area contributed by atoms with Crippen molar-refractivity contribution in [2.24, 2.45) is 10.8 Å². The van der Waals surface area contributed by atoms with E-state index in [2.05, 4.69) is 28.0 Å². The molecule has 2 amide bonds. The number of ether oxygens (including phenoxy) is 2. The molecule has 0 saturated heterocycles. The van der Waals surface area contributed by atoms with Gasteiger partial charge in [-0.2, -0.15) is 9.64 Å². The van der Waals surface area contributed by atoms with Crippen LogP contribution in [0.4, 0.5) is 5.69 Å². The largest absolute Gasteiger partial charge is 0.496 e. The molecule has 2 aliphatic carbocycles. The van der Waals surface area contributed by atoms with Gasteiger partial charge in [-0.15, -0.1) is 0 Å². The minimum absolute atomic E-state index is 0.107. The van der Waals surface area contributed by atoms with Gasteiger partial charge in [-0.05, 0) is 75.4 Å². The van der Waals surface area contributed by atoms with Crippen molar-refractivity contribution in [2.75, 3.05) is 19.0 Å². The summed E-state index contributed by atoms with van der Waals surface area (Å²) in [5, 5.41) is 25.0. The maximum Gasteiger partial charge on any atom is 0.309 e. The first-order valence-corrected chi connectivity index (χ1v) is 13.8. The van der Waals surface area contributed by atoms with E-state index in [0.29, 0.717) is 48.5 Å². The van der Waals surface area contributed by atoms with E-state index in [0.717, 1.165) is 30.8 Å². The van der Waals surface area contributed by atoms with E-state index in [4.69, 9.17) is 9.47 Å². The molecule has 208 valence electrons. The Morgan fingerprint density at radius 1 is 1.15 bits per heavy atom. The summed E-state index contributed by atoms with van der Waals surface area (Å²) in [6.07, 6.45) is 4.94. The molecule has 0 atom stereocenters. The van der Waals surface area contributed by atoms with Gasteiger partial charge in [0, 0.05) is 12.6 Å². The Morgan fingerprint density at radius 3 is 2.41 bits per heavy atom. The van der Waals surface area contributed by atoms with Crippen molar-refractivity contribution in [1.82, 2.24) is 9.69 Å². The van der Waals surface area contributed by atoms with Gasteiger partial charge in [0.2, 0.25) is 0 Å². The van der Waals surface area contributed by atoms with Crippen LogP contribution in [0, 0.1) is 29.1 Å². The average Bonchev–Trinajstić information content (AvgIpc) is 3.26. The molecule has 1 heterocycles. The molecule has 1 aromatic heterocycles. The molecule has 11 heteroatoms. The second-order valence-electron chi connectivity index (χ2n) is 11.1. The summed E-state index contributed by atoms with van der Waals surface area (Å²) in [4.78, 5) is 38.3. The fourth-order valence-corrected chi connectivity index (χ4v) is 5.78. The van der Waals surface area contributed by atoms with Gasteiger partial charge in [0.05, 0.1) is 41.1 Å². The van der Waals surface area contributed by atoms with Gasteiger partial charge in [-0.25, -0.2) is 0 Å². The topological polar surface area (TPSA) is 151 Å². The lowest BCUT2D eigenvalue weighted by Crippen LogP contribution is -2.39. The van der Waals surface area contributed by atoms with E-state index >= 15 is 0 Å². The Morgan fingerprint density at radius 2 is 1.85 bits per heavy atom. The Hall–Kier alpha value is -3.65. The second kappa shape index (κ2) is 11.2. The fraction of sp³-hybridized carbons (Fsp3) is 0.536. The van der Waals surface area contributed by atoms with Crippen LogP contribution in [0.2, 0.25) is 0 Å². The zero-order valence-electron chi connectivity index (χ0n) is 22.7. The maximum absolute atomic E-state index is 13.4. The molecule has 2 aliphatic rings. The third-order valence-electron chi connectivity index (χ3n) is 8.06. The lowest BCUT2D eigenvalue weighted by molar-refractivity contribution is -0.150. The number of carboxylic acids is 1. The molecule has 10 nitrogen and oxygen atoms in total. The molecule has 1 aromatic carbocycles. The van der Waals surface area contributed by atoms with Crippen molar-refractivity contribution in [1.29, 1.82) is 5.26 Å². The number of aryl methyl sites for hydroxylation is 1. The number of rotatable bonds is 9. The highest BCUT2D eigenvalue weighted by Gasteiger charge is 2.38. The summed E-state index contributed by atoms with van der Waals surface area (Å²) >= 11 is 1.02. The van der Waals surface area contributed by atoms with Crippen molar-refractivity contribution < 1.29 is 29.0 Å². The van der Waals surface area contributed by atoms with E-state index in [1.807, 2.05) is 0 Å². The fourth-order valence-electron chi connectivity index (χ4n) is 5.01. The normalized spacial score (nSPS) is 21.7. The Kier molecular flexibility index (Phi) is 8.16. The molecule has 0 aliphatic heterocycles. The van der Waals surface area contributed by atoms with E-state index < -0.39 is 17.3 Å². The predicted molar refractivity (Wildman–Crippen MR) is 145 cm³/mol. The Balaban J connectivity index is 1.53. The molecule has 2 fully saturated rings. The third-order valence-corrected chi connectivity index (χ3v) is 8.99. The number of carbonyl (C=O) groups excluding carboxylic acids is 2. The summed E-state index contributed by atoms with van der Waals surface area (Å²) in [5.74, 6) is -1.25. The highest BCUT2D eigenvalue weighted by molar-refractivity contribution is 7.08. The van der Waals surface area contributed by atoms with Crippen molar-refractivity contribution >= 4 is 35.0 Å². The van der Waals surface area contributed by atoms with Gasteiger partial charge < -0.3 is 25.2 Å². The first kappa shape index (κ1) is 28.4. The van der Waals surface area contributed by atoms with E-state index in [-0.39, 0.29) is 40.1 Å². The first-order valence-electron chi connectivity index (χ1n) is 13.1. The molecule has 2 aromatic rings. The van der Waals surface area contributed by atoms with Gasteiger partial charge in [-0.3, -0.25) is 14.4 Å². The van der Waals surface area contributed by atoms with Gasteiger partial charge in [0.1, 0.15) is 22.4 Å². The molecule has 2 saturated carbocycles. The van der Waals surface area contributed by atoms with Crippen LogP contribution < -0.4 is 20.1 Å². The van der Waals surface area contributed by atoms with Crippen LogP contribution in [0.25, 0.3) is 0 Å². The van der Waals surface area contributed by atoms with Crippen LogP contribution in [0.3, 0.4) is 0 Å². The van der Waals surface area contributed by atoms with Crippen LogP contribution in [-0.4, -0.2) is 47.0 Å². The van der Waals surface area contributed by atoms with Crippen molar-refractivity contribution in [3.63, 3.8) is 0 Å². The van der Waals surface area contributed by atoms with Gasteiger partial charge in [0.15, 0.2) is 0 Å². The molecular weight excluding hydrogens is 520 g/mol. The van der Waals surface area contributed by atoms with Crippen LogP contribution in [0.1, 0.15) is 90.1 Å². The summed E-state index contributed by atoms with van der Waals surface area (Å²) in [5.41, 5.74) is 0.492. The van der Waals surface area contributed by atoms with Gasteiger partial charge in [-0.1, -0.05) is 13.3 Å². The third kappa shape index (κ3) is 6.01. The number of aromatic nitrogens is 1. The number of nitriles is 1. The summed E-state index contributed by atoms with van der Waals surface area (Å²) in [7, 11) is 1.40. The van der Waals surface area contributed by atoms with Crippen LogP contribution in [0.5, 0.6) is 11.5 Å². The Bertz CT molecular complexity index is 1320. The van der Waals surface area contributed by atoms with Crippen LogP contribution in [-0.2, 0) is 4.79 Å². The number of aliphatic carboxylic acids is 1. The maximum atomic E-state index is 13.4. The van der Waals surface area contributed by atoms with Crippen molar-refractivity contribution in [2.45, 2.75) is 71.8 Å². The molecule has 4 rings (SSSR count). The molecular formula is C28H34N4O6S. The molecule has 0 bridgehead atoms. The highest BCUT2D eigenvalue weighted by Crippen LogP contribution is 2.40. The lowest BCUT2D eigenvalue weighted by atomic mass is 9.70. The summed E-state index contributed by atoms with van der Waals surface area (Å²) in [6.45, 7) is 6.15. The second-order valence-corrected chi connectivity index (χ2v) is 11.9. The number of nitrogens with one attached hydrogen (secondary N) is 2. The minimum Gasteiger partial charge on any atom is -0.496 e. The number of benzene rings is 1. The van der Waals surface area contributed by atoms with Crippen molar-refractivity contribution in [3.05, 3.63) is 33.8 Å².